The largest absolute Gasteiger partial charge is 0.481 e. The van der Waals surface area contributed by atoms with Gasteiger partial charge in [0.15, 0.2) is 0 Å². The summed E-state index contributed by atoms with van der Waals surface area (Å²) < 4.78 is 0. The average Bonchev–Trinajstić information content (AvgIpc) is 3.16. The Morgan fingerprint density at radius 3 is 2.15 bits per heavy atom. The minimum atomic E-state index is -0.798. The molecule has 2 unspecified atom stereocenters. The van der Waals surface area contributed by atoms with Crippen LogP contribution in [0.25, 0.3) is 0 Å². The van der Waals surface area contributed by atoms with E-state index in [1.165, 1.54) is 0 Å². The second-order valence-corrected chi connectivity index (χ2v) is 8.66. The van der Waals surface area contributed by atoms with Crippen molar-refractivity contribution in [1.29, 1.82) is 0 Å². The van der Waals surface area contributed by atoms with Gasteiger partial charge in [0.05, 0.1) is 5.92 Å². The van der Waals surface area contributed by atoms with Gasteiger partial charge in [-0.1, -0.05) is 19.8 Å². The summed E-state index contributed by atoms with van der Waals surface area (Å²) in [4.78, 5) is 38.2. The number of nitrogens with one attached hydrogen (secondary N) is 1. The standard InChI is InChI=1S/C20H32N2O4/c1-13-10-16(20(25)26)12-22(11-13)19(24)15-6-8-17(9-7-15)21-18(23)14-4-2-3-5-14/h13-17H,2-12H2,1H3,(H,21,23)(H,25,26). The van der Waals surface area contributed by atoms with Crippen LogP contribution in [0.15, 0.2) is 0 Å². The number of carboxylic acid groups (broad SMARTS) is 1. The third-order valence-corrected chi connectivity index (χ3v) is 6.47. The van der Waals surface area contributed by atoms with E-state index in [1.54, 1.807) is 4.90 Å². The first-order valence-corrected chi connectivity index (χ1v) is 10.3. The van der Waals surface area contributed by atoms with Crippen LogP contribution in [0.1, 0.15) is 64.7 Å². The summed E-state index contributed by atoms with van der Waals surface area (Å²) in [7, 11) is 0. The SMILES string of the molecule is CC1CC(C(=O)O)CN(C(=O)C2CCC(NC(=O)C3CCCC3)CC2)C1. The number of hydrogen-bond acceptors (Lipinski definition) is 3. The molecule has 1 saturated heterocycles. The number of likely N-dealkylation sites (tertiary alicyclic amines) is 1. The summed E-state index contributed by atoms with van der Waals surface area (Å²) >= 11 is 0. The molecule has 2 N–H and O–H groups in total. The molecule has 6 nitrogen and oxygen atoms in total. The highest BCUT2D eigenvalue weighted by atomic mass is 16.4. The zero-order chi connectivity index (χ0) is 18.7. The predicted molar refractivity (Wildman–Crippen MR) is 97.3 cm³/mol. The lowest BCUT2D eigenvalue weighted by atomic mass is 9.83. The van der Waals surface area contributed by atoms with Gasteiger partial charge in [0.25, 0.3) is 0 Å². The number of carbonyl (C=O) groups excluding carboxylic acids is 2. The summed E-state index contributed by atoms with van der Waals surface area (Å²) in [5, 5.41) is 12.5. The molecule has 0 aromatic carbocycles. The van der Waals surface area contributed by atoms with Gasteiger partial charge < -0.3 is 15.3 Å². The third-order valence-electron chi connectivity index (χ3n) is 6.47. The molecule has 0 radical (unpaired) electrons. The van der Waals surface area contributed by atoms with Crippen LogP contribution >= 0.6 is 0 Å². The quantitative estimate of drug-likeness (QED) is 0.802. The van der Waals surface area contributed by atoms with Crippen LogP contribution in [0.2, 0.25) is 0 Å². The fourth-order valence-electron chi connectivity index (χ4n) is 4.96. The van der Waals surface area contributed by atoms with Crippen molar-refractivity contribution in [3.05, 3.63) is 0 Å². The topological polar surface area (TPSA) is 86.7 Å². The van der Waals surface area contributed by atoms with E-state index in [-0.39, 0.29) is 35.6 Å². The van der Waals surface area contributed by atoms with Crippen LogP contribution in [0.5, 0.6) is 0 Å². The molecule has 1 heterocycles. The Hall–Kier alpha value is -1.59. The Kier molecular flexibility index (Phi) is 6.20. The van der Waals surface area contributed by atoms with Crippen molar-refractivity contribution >= 4 is 17.8 Å². The number of nitrogens with zero attached hydrogens (tertiary/aromatic N) is 1. The van der Waals surface area contributed by atoms with Crippen LogP contribution in [0.4, 0.5) is 0 Å². The first-order chi connectivity index (χ1) is 12.4. The van der Waals surface area contributed by atoms with Crippen molar-refractivity contribution in [3.63, 3.8) is 0 Å². The Bertz CT molecular complexity index is 536. The molecule has 2 saturated carbocycles. The lowest BCUT2D eigenvalue weighted by molar-refractivity contribution is -0.148. The molecule has 2 aliphatic carbocycles. The Labute approximate surface area is 155 Å². The monoisotopic (exact) mass is 364 g/mol. The number of aliphatic carboxylic acids is 1. The molecule has 3 aliphatic rings. The van der Waals surface area contributed by atoms with E-state index in [9.17, 15) is 19.5 Å². The summed E-state index contributed by atoms with van der Waals surface area (Å²) in [5.74, 6) is -0.519. The lowest BCUT2D eigenvalue weighted by Crippen LogP contribution is -2.49. The normalized spacial score (nSPS) is 33.0. The van der Waals surface area contributed by atoms with Crippen LogP contribution < -0.4 is 5.32 Å². The molecular weight excluding hydrogens is 332 g/mol. The second-order valence-electron chi connectivity index (χ2n) is 8.66. The highest BCUT2D eigenvalue weighted by Gasteiger charge is 2.36. The maximum atomic E-state index is 12.9. The number of rotatable bonds is 4. The Morgan fingerprint density at radius 1 is 0.885 bits per heavy atom. The van der Waals surface area contributed by atoms with Gasteiger partial charge in [-0.2, -0.15) is 0 Å². The second kappa shape index (κ2) is 8.40. The minimum Gasteiger partial charge on any atom is -0.481 e. The maximum absolute atomic E-state index is 12.9. The zero-order valence-electron chi connectivity index (χ0n) is 15.8. The van der Waals surface area contributed by atoms with Crippen LogP contribution in [-0.4, -0.2) is 46.9 Å². The number of carboxylic acids is 1. The van der Waals surface area contributed by atoms with Gasteiger partial charge in [-0.05, 0) is 50.9 Å². The fourth-order valence-corrected chi connectivity index (χ4v) is 4.96. The van der Waals surface area contributed by atoms with Crippen LogP contribution in [0.3, 0.4) is 0 Å². The fraction of sp³-hybridized carbons (Fsp3) is 0.850. The van der Waals surface area contributed by atoms with Crippen molar-refractivity contribution in [2.75, 3.05) is 13.1 Å². The van der Waals surface area contributed by atoms with E-state index >= 15 is 0 Å². The average molecular weight is 364 g/mol. The number of piperidine rings is 1. The summed E-state index contributed by atoms with van der Waals surface area (Å²) in [6, 6.07) is 0.194. The summed E-state index contributed by atoms with van der Waals surface area (Å²) in [5.41, 5.74) is 0. The van der Waals surface area contributed by atoms with Gasteiger partial charge in [-0.15, -0.1) is 0 Å². The summed E-state index contributed by atoms with van der Waals surface area (Å²) in [6.45, 7) is 3.03. The Morgan fingerprint density at radius 2 is 1.54 bits per heavy atom. The molecule has 3 rings (SSSR count). The van der Waals surface area contributed by atoms with E-state index in [4.69, 9.17) is 0 Å². The van der Waals surface area contributed by atoms with Crippen molar-refractivity contribution in [2.45, 2.75) is 70.8 Å². The van der Waals surface area contributed by atoms with Gasteiger partial charge in [-0.3, -0.25) is 14.4 Å². The van der Waals surface area contributed by atoms with Crippen LogP contribution in [0, 0.1) is 23.7 Å². The van der Waals surface area contributed by atoms with Gasteiger partial charge in [0.1, 0.15) is 0 Å². The number of amides is 2. The predicted octanol–water partition coefficient (Wildman–Crippen LogP) is 2.42. The first kappa shape index (κ1) is 19.2. The smallest absolute Gasteiger partial charge is 0.308 e. The zero-order valence-corrected chi connectivity index (χ0v) is 15.8. The van der Waals surface area contributed by atoms with E-state index in [0.29, 0.717) is 19.5 Å². The molecule has 2 atom stereocenters. The molecule has 0 spiro atoms. The highest BCUT2D eigenvalue weighted by Crippen LogP contribution is 2.30. The first-order valence-electron chi connectivity index (χ1n) is 10.3. The molecule has 3 fully saturated rings. The van der Waals surface area contributed by atoms with Crippen molar-refractivity contribution in [1.82, 2.24) is 10.2 Å². The maximum Gasteiger partial charge on any atom is 0.308 e. The molecular formula is C20H32N2O4. The van der Waals surface area contributed by atoms with Gasteiger partial charge >= 0.3 is 5.97 Å². The van der Waals surface area contributed by atoms with Gasteiger partial charge in [-0.25, -0.2) is 0 Å². The molecule has 1 aliphatic heterocycles. The van der Waals surface area contributed by atoms with Crippen molar-refractivity contribution < 1.29 is 19.5 Å². The highest BCUT2D eigenvalue weighted by molar-refractivity contribution is 5.81. The van der Waals surface area contributed by atoms with E-state index in [0.717, 1.165) is 51.4 Å². The van der Waals surface area contributed by atoms with Crippen molar-refractivity contribution in [3.8, 4) is 0 Å². The van der Waals surface area contributed by atoms with Gasteiger partial charge in [0.2, 0.25) is 11.8 Å². The molecule has 0 aromatic heterocycles. The van der Waals surface area contributed by atoms with E-state index in [1.807, 2.05) is 6.92 Å². The molecule has 2 amide bonds. The van der Waals surface area contributed by atoms with E-state index in [2.05, 4.69) is 5.32 Å². The molecule has 26 heavy (non-hydrogen) atoms. The molecule has 6 heteroatoms. The number of carbonyl (C=O) groups is 3. The number of hydrogen-bond donors (Lipinski definition) is 2. The Balaban J connectivity index is 1.47. The van der Waals surface area contributed by atoms with Gasteiger partial charge in [0, 0.05) is 31.0 Å². The van der Waals surface area contributed by atoms with Crippen molar-refractivity contribution in [2.24, 2.45) is 23.7 Å². The third kappa shape index (κ3) is 4.57. The molecule has 0 bridgehead atoms. The molecule has 146 valence electrons. The van der Waals surface area contributed by atoms with E-state index < -0.39 is 11.9 Å². The molecule has 0 aromatic rings. The van der Waals surface area contributed by atoms with Crippen LogP contribution in [-0.2, 0) is 14.4 Å². The summed E-state index contributed by atoms with van der Waals surface area (Å²) in [6.07, 6.45) is 8.26. The minimum absolute atomic E-state index is 0.0191. The lowest BCUT2D eigenvalue weighted by Gasteiger charge is -2.38.